The van der Waals surface area contributed by atoms with Crippen LogP contribution in [-0.4, -0.2) is 9.97 Å². The first-order valence-corrected chi connectivity index (χ1v) is 7.88. The number of hydrogen-bond acceptors (Lipinski definition) is 5. The molecule has 0 saturated heterocycles. The first kappa shape index (κ1) is 14.7. The number of para-hydroxylation sites is 2. The molecule has 24 heavy (non-hydrogen) atoms. The van der Waals surface area contributed by atoms with Crippen molar-refractivity contribution in [2.75, 3.05) is 0 Å². The number of fused-ring (bicyclic) bond motifs is 1. The minimum Gasteiger partial charge on any atom is -0.439 e. The van der Waals surface area contributed by atoms with Crippen LogP contribution in [-0.2, 0) is 6.54 Å². The van der Waals surface area contributed by atoms with Crippen LogP contribution in [0.4, 0.5) is 0 Å². The summed E-state index contributed by atoms with van der Waals surface area (Å²) in [5.41, 5.74) is 2.68. The van der Waals surface area contributed by atoms with Crippen LogP contribution < -0.4 is 5.32 Å². The maximum Gasteiger partial charge on any atom is 0.211 e. The summed E-state index contributed by atoms with van der Waals surface area (Å²) < 4.78 is 11.6. The van der Waals surface area contributed by atoms with Crippen molar-refractivity contribution in [3.05, 3.63) is 72.6 Å². The molecule has 0 aliphatic heterocycles. The molecule has 2 aromatic heterocycles. The van der Waals surface area contributed by atoms with E-state index in [0.29, 0.717) is 18.3 Å². The number of nitrogens with one attached hydrogen (secondary N) is 1. The largest absolute Gasteiger partial charge is 0.439 e. The van der Waals surface area contributed by atoms with Crippen molar-refractivity contribution in [1.82, 2.24) is 15.3 Å². The highest BCUT2D eigenvalue weighted by atomic mass is 16.4. The van der Waals surface area contributed by atoms with E-state index in [1.807, 2.05) is 61.5 Å². The lowest BCUT2D eigenvalue weighted by molar-refractivity contribution is 0.400. The summed E-state index contributed by atoms with van der Waals surface area (Å²) in [6.07, 6.45) is 1.75. The molecule has 2 heterocycles. The lowest BCUT2D eigenvalue weighted by Gasteiger charge is -2.07. The minimum atomic E-state index is -0.0440. The molecule has 5 nitrogen and oxygen atoms in total. The van der Waals surface area contributed by atoms with Gasteiger partial charge in [0.2, 0.25) is 11.8 Å². The quantitative estimate of drug-likeness (QED) is 0.593. The summed E-state index contributed by atoms with van der Waals surface area (Å²) in [6.45, 7) is 2.52. The molecule has 0 aliphatic rings. The molecule has 0 bridgehead atoms. The molecular weight excluding hydrogens is 302 g/mol. The van der Waals surface area contributed by atoms with E-state index in [9.17, 15) is 0 Å². The van der Waals surface area contributed by atoms with E-state index in [-0.39, 0.29) is 6.04 Å². The highest BCUT2D eigenvalue weighted by molar-refractivity contribution is 5.72. The van der Waals surface area contributed by atoms with Crippen LogP contribution in [0.25, 0.3) is 22.4 Å². The van der Waals surface area contributed by atoms with Gasteiger partial charge in [0.15, 0.2) is 11.3 Å². The number of hydrogen-bond donors (Lipinski definition) is 1. The molecule has 0 spiro atoms. The zero-order valence-electron chi connectivity index (χ0n) is 13.3. The average Bonchev–Trinajstić information content (AvgIpc) is 3.27. The highest BCUT2D eigenvalue weighted by Crippen LogP contribution is 2.23. The van der Waals surface area contributed by atoms with E-state index in [0.717, 1.165) is 22.4 Å². The Morgan fingerprint density at radius 2 is 1.79 bits per heavy atom. The van der Waals surface area contributed by atoms with Gasteiger partial charge in [-0.2, -0.15) is 0 Å². The van der Waals surface area contributed by atoms with Crippen LogP contribution >= 0.6 is 0 Å². The summed E-state index contributed by atoms with van der Waals surface area (Å²) in [7, 11) is 0. The maximum atomic E-state index is 5.85. The smallest absolute Gasteiger partial charge is 0.211 e. The number of oxazole rings is 2. The zero-order chi connectivity index (χ0) is 16.4. The van der Waals surface area contributed by atoms with Crippen molar-refractivity contribution in [2.45, 2.75) is 19.5 Å². The fourth-order valence-electron chi connectivity index (χ4n) is 2.55. The first-order chi connectivity index (χ1) is 11.8. The van der Waals surface area contributed by atoms with Crippen LogP contribution in [0.15, 0.2) is 69.6 Å². The van der Waals surface area contributed by atoms with Crippen LogP contribution in [0.2, 0.25) is 0 Å². The molecule has 120 valence electrons. The van der Waals surface area contributed by atoms with Gasteiger partial charge in [0.05, 0.1) is 18.8 Å². The molecule has 0 amide bonds. The van der Waals surface area contributed by atoms with Gasteiger partial charge in [-0.25, -0.2) is 9.97 Å². The summed E-state index contributed by atoms with van der Waals surface area (Å²) in [6, 6.07) is 17.6. The zero-order valence-corrected chi connectivity index (χ0v) is 13.3. The third kappa shape index (κ3) is 2.94. The van der Waals surface area contributed by atoms with Gasteiger partial charge in [-0.15, -0.1) is 0 Å². The molecule has 1 atom stereocenters. The topological polar surface area (TPSA) is 64.1 Å². The van der Waals surface area contributed by atoms with Crippen molar-refractivity contribution >= 4 is 11.1 Å². The summed E-state index contributed by atoms with van der Waals surface area (Å²) >= 11 is 0. The van der Waals surface area contributed by atoms with Crippen molar-refractivity contribution < 1.29 is 8.83 Å². The SMILES string of the molecule is C[C@@H](NCc1nc2ccccc2o1)c1ncc(-c2ccccc2)o1. The van der Waals surface area contributed by atoms with E-state index in [2.05, 4.69) is 15.3 Å². The Labute approximate surface area is 139 Å². The average molecular weight is 319 g/mol. The van der Waals surface area contributed by atoms with Crippen LogP contribution in [0, 0.1) is 0 Å². The Morgan fingerprint density at radius 1 is 1.00 bits per heavy atom. The van der Waals surface area contributed by atoms with Gasteiger partial charge in [-0.3, -0.25) is 5.32 Å². The molecule has 0 unspecified atom stereocenters. The van der Waals surface area contributed by atoms with Crippen molar-refractivity contribution in [3.8, 4) is 11.3 Å². The lowest BCUT2D eigenvalue weighted by atomic mass is 10.2. The molecule has 4 rings (SSSR count). The Bertz CT molecular complexity index is 910. The van der Waals surface area contributed by atoms with Gasteiger partial charge >= 0.3 is 0 Å². The van der Waals surface area contributed by atoms with Crippen molar-refractivity contribution in [3.63, 3.8) is 0 Å². The monoisotopic (exact) mass is 319 g/mol. The van der Waals surface area contributed by atoms with Crippen molar-refractivity contribution in [1.29, 1.82) is 0 Å². The van der Waals surface area contributed by atoms with E-state index in [4.69, 9.17) is 8.83 Å². The highest BCUT2D eigenvalue weighted by Gasteiger charge is 2.14. The van der Waals surface area contributed by atoms with Crippen LogP contribution in [0.3, 0.4) is 0 Å². The third-order valence-corrected chi connectivity index (χ3v) is 3.85. The van der Waals surface area contributed by atoms with Gasteiger partial charge in [0.1, 0.15) is 5.52 Å². The van der Waals surface area contributed by atoms with E-state index < -0.39 is 0 Å². The molecule has 0 fully saturated rings. The Balaban J connectivity index is 1.44. The second-order valence-corrected chi connectivity index (χ2v) is 5.61. The molecule has 5 heteroatoms. The molecule has 0 aliphatic carbocycles. The first-order valence-electron chi connectivity index (χ1n) is 7.88. The molecule has 4 aromatic rings. The second kappa shape index (κ2) is 6.29. The van der Waals surface area contributed by atoms with Crippen molar-refractivity contribution in [2.24, 2.45) is 0 Å². The minimum absolute atomic E-state index is 0.0440. The van der Waals surface area contributed by atoms with Gasteiger partial charge in [-0.05, 0) is 19.1 Å². The van der Waals surface area contributed by atoms with Crippen LogP contribution in [0.5, 0.6) is 0 Å². The van der Waals surface area contributed by atoms with Gasteiger partial charge in [0, 0.05) is 5.56 Å². The second-order valence-electron chi connectivity index (χ2n) is 5.61. The van der Waals surface area contributed by atoms with Gasteiger partial charge in [-0.1, -0.05) is 42.5 Å². The van der Waals surface area contributed by atoms with E-state index in [1.54, 1.807) is 6.20 Å². The normalized spacial score (nSPS) is 12.5. The molecule has 2 aromatic carbocycles. The fraction of sp³-hybridized carbons (Fsp3) is 0.158. The summed E-state index contributed by atoms with van der Waals surface area (Å²) in [4.78, 5) is 8.82. The number of nitrogens with zero attached hydrogens (tertiary/aromatic N) is 2. The standard InChI is InChI=1S/C19H17N3O2/c1-13(19-21-11-17(24-19)14-7-3-2-4-8-14)20-12-18-22-15-9-5-6-10-16(15)23-18/h2-11,13,20H,12H2,1H3/t13-/m1/s1. The summed E-state index contributed by atoms with van der Waals surface area (Å²) in [5.74, 6) is 2.06. The van der Waals surface area contributed by atoms with Crippen LogP contribution in [0.1, 0.15) is 24.7 Å². The predicted molar refractivity (Wildman–Crippen MR) is 91.2 cm³/mol. The Hall–Kier alpha value is -2.92. The molecular formula is C19H17N3O2. The number of benzene rings is 2. The number of aromatic nitrogens is 2. The van der Waals surface area contributed by atoms with E-state index in [1.165, 1.54) is 0 Å². The maximum absolute atomic E-state index is 5.85. The molecule has 0 radical (unpaired) electrons. The molecule has 1 N–H and O–H groups in total. The van der Waals surface area contributed by atoms with Gasteiger partial charge < -0.3 is 8.83 Å². The fourth-order valence-corrected chi connectivity index (χ4v) is 2.55. The third-order valence-electron chi connectivity index (χ3n) is 3.85. The Kier molecular flexibility index (Phi) is 3.84. The van der Waals surface area contributed by atoms with Gasteiger partial charge in [0.25, 0.3) is 0 Å². The number of rotatable bonds is 5. The summed E-state index contributed by atoms with van der Waals surface area (Å²) in [5, 5.41) is 3.33. The molecule has 0 saturated carbocycles. The predicted octanol–water partition coefficient (Wildman–Crippen LogP) is 4.33. The lowest BCUT2D eigenvalue weighted by Crippen LogP contribution is -2.18. The van der Waals surface area contributed by atoms with E-state index >= 15 is 0 Å². The Morgan fingerprint density at radius 3 is 2.62 bits per heavy atom.